The molecule has 1 saturated carbocycles. The minimum Gasteiger partial charge on any atom is -0.392 e. The molecule has 0 aromatic heterocycles. The first-order valence-corrected chi connectivity index (χ1v) is 7.67. The standard InChI is InChI=1S/C15H21BrN2O2/c1-10-7-12(5-6-13(10)16)17-15(20)9-18(2)8-14(19)11-3-4-11/h5-7,11,14,19H,3-4,8-9H2,1-2H3,(H,17,20). The molecule has 2 rings (SSSR count). The average molecular weight is 341 g/mol. The number of aliphatic hydroxyl groups excluding tert-OH is 1. The van der Waals surface area contributed by atoms with Gasteiger partial charge in [-0.1, -0.05) is 15.9 Å². The summed E-state index contributed by atoms with van der Waals surface area (Å²) in [6.07, 6.45) is 1.92. The van der Waals surface area contributed by atoms with Gasteiger partial charge in [-0.3, -0.25) is 9.69 Å². The fourth-order valence-electron chi connectivity index (χ4n) is 2.18. The number of hydrogen-bond donors (Lipinski definition) is 2. The topological polar surface area (TPSA) is 52.6 Å². The summed E-state index contributed by atoms with van der Waals surface area (Å²) in [5.74, 6) is 0.381. The Hall–Kier alpha value is -0.910. The molecule has 1 atom stereocenters. The summed E-state index contributed by atoms with van der Waals surface area (Å²) in [6.45, 7) is 2.83. The van der Waals surface area contributed by atoms with Crippen LogP contribution in [0.15, 0.2) is 22.7 Å². The average Bonchev–Trinajstić information content (AvgIpc) is 3.17. The van der Waals surface area contributed by atoms with Gasteiger partial charge in [0, 0.05) is 16.7 Å². The maximum Gasteiger partial charge on any atom is 0.238 e. The van der Waals surface area contributed by atoms with Gasteiger partial charge in [0.05, 0.1) is 12.6 Å². The zero-order valence-electron chi connectivity index (χ0n) is 11.9. The van der Waals surface area contributed by atoms with E-state index < -0.39 is 0 Å². The highest BCUT2D eigenvalue weighted by molar-refractivity contribution is 9.10. The molecule has 5 heteroatoms. The highest BCUT2D eigenvalue weighted by atomic mass is 79.9. The number of carbonyl (C=O) groups excluding carboxylic acids is 1. The fourth-order valence-corrected chi connectivity index (χ4v) is 2.43. The van der Waals surface area contributed by atoms with Gasteiger partial charge >= 0.3 is 0 Å². The van der Waals surface area contributed by atoms with Gasteiger partial charge in [-0.15, -0.1) is 0 Å². The Kier molecular flexibility index (Phi) is 5.18. The highest BCUT2D eigenvalue weighted by Crippen LogP contribution is 2.32. The number of aryl methyl sites for hydroxylation is 1. The number of likely N-dealkylation sites (N-methyl/N-ethyl adjacent to an activating group) is 1. The summed E-state index contributed by atoms with van der Waals surface area (Å²) < 4.78 is 1.03. The number of nitrogens with zero attached hydrogens (tertiary/aromatic N) is 1. The maximum atomic E-state index is 11.9. The van der Waals surface area contributed by atoms with Crippen LogP contribution in [-0.4, -0.2) is 42.2 Å². The second kappa shape index (κ2) is 6.70. The number of hydrogen-bond acceptors (Lipinski definition) is 3. The molecule has 1 aliphatic rings. The van der Waals surface area contributed by atoms with E-state index in [0.717, 1.165) is 28.6 Å². The van der Waals surface area contributed by atoms with E-state index in [1.807, 2.05) is 37.1 Å². The first-order valence-electron chi connectivity index (χ1n) is 6.88. The van der Waals surface area contributed by atoms with Gasteiger partial charge in [0.2, 0.25) is 5.91 Å². The molecule has 1 unspecified atom stereocenters. The van der Waals surface area contributed by atoms with Gasteiger partial charge in [0.15, 0.2) is 0 Å². The van der Waals surface area contributed by atoms with Crippen molar-refractivity contribution in [1.29, 1.82) is 0 Å². The van der Waals surface area contributed by atoms with Gasteiger partial charge < -0.3 is 10.4 Å². The summed E-state index contributed by atoms with van der Waals surface area (Å²) in [4.78, 5) is 13.8. The van der Waals surface area contributed by atoms with Crippen LogP contribution in [0.4, 0.5) is 5.69 Å². The Bertz CT molecular complexity index is 489. The van der Waals surface area contributed by atoms with Gasteiger partial charge in [-0.25, -0.2) is 0 Å². The summed E-state index contributed by atoms with van der Waals surface area (Å²) in [6, 6.07) is 5.72. The minimum absolute atomic E-state index is 0.0581. The molecule has 0 aliphatic heterocycles. The lowest BCUT2D eigenvalue weighted by molar-refractivity contribution is -0.117. The lowest BCUT2D eigenvalue weighted by Crippen LogP contribution is -2.36. The van der Waals surface area contributed by atoms with Crippen LogP contribution in [0.1, 0.15) is 18.4 Å². The highest BCUT2D eigenvalue weighted by Gasteiger charge is 2.30. The number of amides is 1. The van der Waals surface area contributed by atoms with Crippen molar-refractivity contribution in [2.45, 2.75) is 25.9 Å². The Balaban J connectivity index is 1.80. The number of carbonyl (C=O) groups is 1. The molecule has 0 radical (unpaired) electrons. The van der Waals surface area contributed by atoms with E-state index in [0.29, 0.717) is 19.0 Å². The van der Waals surface area contributed by atoms with E-state index in [-0.39, 0.29) is 12.0 Å². The van der Waals surface area contributed by atoms with Crippen molar-refractivity contribution in [1.82, 2.24) is 4.90 Å². The quantitative estimate of drug-likeness (QED) is 0.835. The number of aliphatic hydroxyl groups is 1. The smallest absolute Gasteiger partial charge is 0.238 e. The molecule has 1 fully saturated rings. The van der Waals surface area contributed by atoms with E-state index in [2.05, 4.69) is 21.2 Å². The predicted molar refractivity (Wildman–Crippen MR) is 83.7 cm³/mol. The molecule has 20 heavy (non-hydrogen) atoms. The summed E-state index contributed by atoms with van der Waals surface area (Å²) in [7, 11) is 1.86. The van der Waals surface area contributed by atoms with E-state index in [4.69, 9.17) is 0 Å². The molecule has 0 saturated heterocycles. The second-order valence-electron chi connectivity index (χ2n) is 5.61. The first-order chi connectivity index (χ1) is 9.45. The molecule has 0 heterocycles. The fraction of sp³-hybridized carbons (Fsp3) is 0.533. The van der Waals surface area contributed by atoms with E-state index in [9.17, 15) is 9.90 Å². The lowest BCUT2D eigenvalue weighted by atomic mass is 10.2. The zero-order valence-corrected chi connectivity index (χ0v) is 13.5. The third-order valence-corrected chi connectivity index (χ3v) is 4.41. The molecule has 1 amide bonds. The monoisotopic (exact) mass is 340 g/mol. The Morgan fingerprint density at radius 1 is 1.55 bits per heavy atom. The van der Waals surface area contributed by atoms with Crippen molar-refractivity contribution in [2.75, 3.05) is 25.5 Å². The van der Waals surface area contributed by atoms with E-state index in [1.165, 1.54) is 0 Å². The van der Waals surface area contributed by atoms with Crippen LogP contribution >= 0.6 is 15.9 Å². The van der Waals surface area contributed by atoms with Crippen LogP contribution in [-0.2, 0) is 4.79 Å². The first kappa shape index (κ1) is 15.5. The molecule has 0 bridgehead atoms. The van der Waals surface area contributed by atoms with Crippen molar-refractivity contribution < 1.29 is 9.90 Å². The van der Waals surface area contributed by atoms with Crippen LogP contribution < -0.4 is 5.32 Å². The predicted octanol–water partition coefficient (Wildman–Crippen LogP) is 2.40. The Morgan fingerprint density at radius 2 is 2.25 bits per heavy atom. The number of anilines is 1. The molecule has 2 N–H and O–H groups in total. The van der Waals surface area contributed by atoms with E-state index in [1.54, 1.807) is 0 Å². The third kappa shape index (κ3) is 4.58. The molecule has 1 aromatic rings. The normalized spacial score (nSPS) is 16.2. The number of halogens is 1. The SMILES string of the molecule is Cc1cc(NC(=O)CN(C)CC(O)C2CC2)ccc1Br. The van der Waals surface area contributed by atoms with Gasteiger partial charge in [-0.05, 0) is 56.5 Å². The Morgan fingerprint density at radius 3 is 2.85 bits per heavy atom. The molecule has 1 aromatic carbocycles. The molecule has 1 aliphatic carbocycles. The largest absolute Gasteiger partial charge is 0.392 e. The van der Waals surface area contributed by atoms with Crippen LogP contribution in [0, 0.1) is 12.8 Å². The Labute approximate surface area is 128 Å². The zero-order chi connectivity index (χ0) is 14.7. The molecule has 110 valence electrons. The summed E-state index contributed by atoms with van der Waals surface area (Å²) in [5.41, 5.74) is 1.88. The third-order valence-electron chi connectivity index (χ3n) is 3.52. The molecule has 4 nitrogen and oxygen atoms in total. The van der Waals surface area contributed by atoms with Gasteiger partial charge in [0.1, 0.15) is 0 Å². The van der Waals surface area contributed by atoms with Gasteiger partial charge in [0.25, 0.3) is 0 Å². The van der Waals surface area contributed by atoms with Crippen molar-refractivity contribution in [3.05, 3.63) is 28.2 Å². The number of rotatable bonds is 6. The molecule has 0 spiro atoms. The molecular weight excluding hydrogens is 320 g/mol. The lowest BCUT2D eigenvalue weighted by Gasteiger charge is -2.19. The maximum absolute atomic E-state index is 11.9. The van der Waals surface area contributed by atoms with E-state index >= 15 is 0 Å². The van der Waals surface area contributed by atoms with Crippen molar-refractivity contribution in [3.8, 4) is 0 Å². The summed E-state index contributed by atoms with van der Waals surface area (Å²) in [5, 5.41) is 12.7. The van der Waals surface area contributed by atoms with Crippen molar-refractivity contribution >= 4 is 27.5 Å². The van der Waals surface area contributed by atoms with Gasteiger partial charge in [-0.2, -0.15) is 0 Å². The summed E-state index contributed by atoms with van der Waals surface area (Å²) >= 11 is 3.43. The van der Waals surface area contributed by atoms with Crippen molar-refractivity contribution in [2.24, 2.45) is 5.92 Å². The molecular formula is C15H21BrN2O2. The number of nitrogens with one attached hydrogen (secondary N) is 1. The van der Waals surface area contributed by atoms with Crippen LogP contribution in [0.25, 0.3) is 0 Å². The van der Waals surface area contributed by atoms with Crippen LogP contribution in [0.5, 0.6) is 0 Å². The van der Waals surface area contributed by atoms with Crippen LogP contribution in [0.2, 0.25) is 0 Å². The minimum atomic E-state index is -0.303. The second-order valence-corrected chi connectivity index (χ2v) is 6.47. The van der Waals surface area contributed by atoms with Crippen molar-refractivity contribution in [3.63, 3.8) is 0 Å². The van der Waals surface area contributed by atoms with Crippen LogP contribution in [0.3, 0.4) is 0 Å². The number of benzene rings is 1.